The number of carbonyl (C=O) groups is 2. The maximum absolute atomic E-state index is 13.6. The molecule has 0 radical (unpaired) electrons. The van der Waals surface area contributed by atoms with Crippen molar-refractivity contribution in [3.8, 4) is 5.75 Å². The van der Waals surface area contributed by atoms with Gasteiger partial charge in [0.05, 0.1) is 17.2 Å². The molecule has 1 saturated carbocycles. The highest BCUT2D eigenvalue weighted by Crippen LogP contribution is 2.42. The van der Waals surface area contributed by atoms with Gasteiger partial charge < -0.3 is 29.3 Å². The molecule has 0 spiro atoms. The lowest BCUT2D eigenvalue weighted by molar-refractivity contribution is -0.139. The Morgan fingerprint density at radius 3 is 2.71 bits per heavy atom. The lowest BCUT2D eigenvalue weighted by atomic mass is 9.70. The lowest BCUT2D eigenvalue weighted by Crippen LogP contribution is -2.47. The van der Waals surface area contributed by atoms with E-state index in [0.29, 0.717) is 42.6 Å². The quantitative estimate of drug-likeness (QED) is 0.428. The molecule has 262 valence electrons. The third-order valence-corrected chi connectivity index (χ3v) is 10.9. The van der Waals surface area contributed by atoms with E-state index < -0.39 is 33.7 Å². The summed E-state index contributed by atoms with van der Waals surface area (Å²) in [4.78, 5) is 30.2. The molecule has 1 fully saturated rings. The van der Waals surface area contributed by atoms with Gasteiger partial charge in [0.15, 0.2) is 0 Å². The van der Waals surface area contributed by atoms with Gasteiger partial charge in [-0.3, -0.25) is 4.79 Å². The first-order valence-electron chi connectivity index (χ1n) is 16.6. The van der Waals surface area contributed by atoms with Gasteiger partial charge in [0.1, 0.15) is 24.1 Å². The molecule has 2 aromatic rings. The van der Waals surface area contributed by atoms with Crippen molar-refractivity contribution in [3.05, 3.63) is 64.7 Å². The second-order valence-corrected chi connectivity index (χ2v) is 15.6. The molecule has 2 heterocycles. The Labute approximate surface area is 289 Å². The summed E-state index contributed by atoms with van der Waals surface area (Å²) in [6.45, 7) is 5.73. The van der Waals surface area contributed by atoms with Crippen LogP contribution in [-0.4, -0.2) is 83.9 Å². The average molecular weight is 703 g/mol. The highest BCUT2D eigenvalue weighted by molar-refractivity contribution is 7.90. The summed E-state index contributed by atoms with van der Waals surface area (Å²) >= 11 is 6.33. The summed E-state index contributed by atoms with van der Waals surface area (Å²) in [5.74, 6) is -0.0638. The van der Waals surface area contributed by atoms with Crippen LogP contribution in [0.2, 0.25) is 5.02 Å². The van der Waals surface area contributed by atoms with Gasteiger partial charge in [-0.25, -0.2) is 17.9 Å². The first-order valence-corrected chi connectivity index (χ1v) is 18.4. The van der Waals surface area contributed by atoms with Crippen LogP contribution in [0, 0.1) is 11.8 Å². The molecule has 2 N–H and O–H groups in total. The van der Waals surface area contributed by atoms with Crippen molar-refractivity contribution < 1.29 is 32.2 Å². The molecule has 11 nitrogen and oxygen atoms in total. The van der Waals surface area contributed by atoms with Gasteiger partial charge in [-0.05, 0) is 113 Å². The van der Waals surface area contributed by atoms with Crippen LogP contribution in [0.25, 0.3) is 0 Å². The number of halogens is 1. The zero-order chi connectivity index (χ0) is 34.5. The van der Waals surface area contributed by atoms with Crippen molar-refractivity contribution in [1.29, 1.82) is 0 Å². The van der Waals surface area contributed by atoms with Gasteiger partial charge >= 0.3 is 6.09 Å². The van der Waals surface area contributed by atoms with E-state index >= 15 is 0 Å². The minimum Gasteiger partial charge on any atom is -0.487 e. The van der Waals surface area contributed by atoms with Crippen LogP contribution in [0.1, 0.15) is 50.7 Å². The smallest absolute Gasteiger partial charge is 0.407 e. The number of nitrogens with one attached hydrogen (secondary N) is 2. The van der Waals surface area contributed by atoms with Crippen molar-refractivity contribution in [2.75, 3.05) is 51.8 Å². The molecule has 48 heavy (non-hydrogen) atoms. The van der Waals surface area contributed by atoms with E-state index in [2.05, 4.69) is 14.9 Å². The van der Waals surface area contributed by atoms with E-state index in [1.165, 1.54) is 19.9 Å². The maximum Gasteiger partial charge on any atom is 0.407 e. The molecule has 5 rings (SSSR count). The second-order valence-electron chi connectivity index (χ2n) is 13.5. The van der Waals surface area contributed by atoms with Crippen molar-refractivity contribution in [2.45, 2.75) is 69.2 Å². The van der Waals surface area contributed by atoms with Gasteiger partial charge in [-0.2, -0.15) is 0 Å². The molecule has 1 aliphatic carbocycles. The first kappa shape index (κ1) is 36.0. The van der Waals surface area contributed by atoms with Crippen LogP contribution in [0.15, 0.2) is 53.4 Å². The summed E-state index contributed by atoms with van der Waals surface area (Å²) in [6, 6.07) is 10.5. The summed E-state index contributed by atoms with van der Waals surface area (Å²) in [5.41, 5.74) is 1.32. The Bertz CT molecular complexity index is 1610. The van der Waals surface area contributed by atoms with E-state index in [1.54, 1.807) is 18.2 Å². The van der Waals surface area contributed by atoms with Gasteiger partial charge in [0, 0.05) is 37.1 Å². The Balaban J connectivity index is 1.50. The molecular weight excluding hydrogens is 656 g/mol. The van der Waals surface area contributed by atoms with Crippen LogP contribution in [0.4, 0.5) is 10.5 Å². The minimum atomic E-state index is -4.24. The number of carbonyl (C=O) groups excluding carboxylic acids is 2. The SMILES string of the molecule is CN(C)CCNC(=O)O[C@H]1/C=C/COC(C)(C)C(=O)NS(=O)(=O)c2ccc3c(c2)N(CCCCc2cc(Cl)ccc2CO3)C[C@@H]2CC[C@H]21. The number of anilines is 1. The van der Waals surface area contributed by atoms with Crippen molar-refractivity contribution in [1.82, 2.24) is 14.9 Å². The molecule has 3 aliphatic rings. The number of nitrogens with zero attached hydrogens (tertiary/aromatic N) is 2. The van der Waals surface area contributed by atoms with Crippen LogP contribution in [0.5, 0.6) is 5.75 Å². The van der Waals surface area contributed by atoms with Gasteiger partial charge in [-0.15, -0.1) is 0 Å². The Hall–Kier alpha value is -3.32. The molecule has 3 atom stereocenters. The average Bonchev–Trinajstić information content (AvgIpc) is 3.03. The molecule has 0 aromatic heterocycles. The third kappa shape index (κ3) is 9.02. The van der Waals surface area contributed by atoms with E-state index in [0.717, 1.165) is 43.2 Å². The van der Waals surface area contributed by atoms with Gasteiger partial charge in [-0.1, -0.05) is 23.7 Å². The zero-order valence-corrected chi connectivity index (χ0v) is 29.7. The summed E-state index contributed by atoms with van der Waals surface area (Å²) in [5, 5.41) is 3.51. The number of hydrogen-bond acceptors (Lipinski definition) is 9. The number of fused-ring (bicyclic) bond motifs is 3. The second kappa shape index (κ2) is 15.5. The summed E-state index contributed by atoms with van der Waals surface area (Å²) in [7, 11) is -0.367. The van der Waals surface area contributed by atoms with E-state index in [-0.39, 0.29) is 29.9 Å². The zero-order valence-electron chi connectivity index (χ0n) is 28.2. The Morgan fingerprint density at radius 2 is 1.96 bits per heavy atom. The fourth-order valence-corrected chi connectivity index (χ4v) is 7.57. The van der Waals surface area contributed by atoms with Crippen LogP contribution in [-0.2, 0) is 37.3 Å². The molecular formula is C35H47ClN4O7S. The third-order valence-electron chi connectivity index (χ3n) is 9.32. The highest BCUT2D eigenvalue weighted by Gasteiger charge is 2.40. The standard InChI is InChI=1S/C35H47ClN4O7S/c1-35(2)33(41)38-48(43,44)28-13-15-32-30(21-28)40(17-6-5-8-24-20-27(36)12-10-26(24)23-45-32)22-25-11-14-29(25)31(9-7-19-46-35)47-34(42)37-16-18-39(3)4/h7,9-10,12-13,15,20-21,25,29,31H,5-6,8,11,14,16-19,22-23H2,1-4H3,(H,37,42)(H,38,41)/b9-7+/t25-,29+,31-/m0/s1. The molecule has 2 aliphatic heterocycles. The summed E-state index contributed by atoms with van der Waals surface area (Å²) < 4.78 is 47.5. The largest absolute Gasteiger partial charge is 0.487 e. The number of sulfonamides is 1. The summed E-state index contributed by atoms with van der Waals surface area (Å²) in [6.07, 6.45) is 6.92. The van der Waals surface area contributed by atoms with Crippen molar-refractivity contribution >= 4 is 39.3 Å². The monoisotopic (exact) mass is 702 g/mol. The first-order chi connectivity index (χ1) is 22.8. The number of likely N-dealkylation sites (N-methyl/N-ethyl adjacent to an activating group) is 1. The minimum absolute atomic E-state index is 0.0237. The number of hydrogen-bond donors (Lipinski definition) is 2. The molecule has 0 unspecified atom stereocenters. The fourth-order valence-electron chi connectivity index (χ4n) is 6.25. The number of aryl methyl sites for hydroxylation is 1. The van der Waals surface area contributed by atoms with Crippen LogP contribution in [0.3, 0.4) is 0 Å². The predicted molar refractivity (Wildman–Crippen MR) is 185 cm³/mol. The topological polar surface area (TPSA) is 127 Å². The molecule has 2 aromatic carbocycles. The maximum atomic E-state index is 13.6. The molecule has 2 amide bonds. The fraction of sp³-hybridized carbons (Fsp3) is 0.543. The molecule has 13 heteroatoms. The number of rotatable bonds is 4. The number of ether oxygens (including phenoxy) is 3. The number of benzene rings is 2. The van der Waals surface area contributed by atoms with Gasteiger partial charge in [0.2, 0.25) is 0 Å². The lowest BCUT2D eigenvalue weighted by Gasteiger charge is -2.43. The number of amides is 2. The van der Waals surface area contributed by atoms with Crippen LogP contribution >= 0.6 is 11.6 Å². The van der Waals surface area contributed by atoms with E-state index in [1.807, 2.05) is 43.3 Å². The number of alkyl carbamates (subject to hydrolysis) is 1. The molecule has 0 saturated heterocycles. The van der Waals surface area contributed by atoms with Crippen molar-refractivity contribution in [2.24, 2.45) is 11.8 Å². The normalized spacial score (nSPS) is 24.8. The van der Waals surface area contributed by atoms with E-state index in [4.69, 9.17) is 25.8 Å². The Kier molecular flexibility index (Phi) is 11.6. The highest BCUT2D eigenvalue weighted by atomic mass is 35.5. The Morgan fingerprint density at radius 1 is 1.15 bits per heavy atom. The van der Waals surface area contributed by atoms with Gasteiger partial charge in [0.25, 0.3) is 15.9 Å². The predicted octanol–water partition coefficient (Wildman–Crippen LogP) is 4.91. The van der Waals surface area contributed by atoms with Crippen LogP contribution < -0.4 is 19.7 Å². The van der Waals surface area contributed by atoms with E-state index in [9.17, 15) is 18.0 Å². The molecule has 2 bridgehead atoms. The van der Waals surface area contributed by atoms with Crippen molar-refractivity contribution in [3.63, 3.8) is 0 Å².